The Bertz CT molecular complexity index is 712. The second-order valence-corrected chi connectivity index (χ2v) is 6.28. The number of carbonyl (C=O) groups is 1. The molecule has 0 radical (unpaired) electrons. The number of esters is 1. The Kier molecular flexibility index (Phi) is 3.60. The first-order valence-corrected chi connectivity index (χ1v) is 7.75. The number of rotatable bonds is 4. The Morgan fingerprint density at radius 3 is 2.90 bits per heavy atom. The third-order valence-corrected chi connectivity index (χ3v) is 5.19. The molecule has 104 valence electrons. The molecule has 3 heterocycles. The van der Waals surface area contributed by atoms with Crippen LogP contribution in [-0.2, 0) is 4.74 Å². The van der Waals surface area contributed by atoms with Crippen molar-refractivity contribution >= 4 is 38.0 Å². The van der Waals surface area contributed by atoms with Gasteiger partial charge in [0.2, 0.25) is 5.76 Å². The van der Waals surface area contributed by atoms with E-state index in [1.165, 1.54) is 21.4 Å². The van der Waals surface area contributed by atoms with Gasteiger partial charge in [0.1, 0.15) is 11.8 Å². The molecule has 0 aliphatic carbocycles. The van der Waals surface area contributed by atoms with Crippen LogP contribution in [0.5, 0.6) is 0 Å². The predicted octanol–water partition coefficient (Wildman–Crippen LogP) is 3.65. The van der Waals surface area contributed by atoms with E-state index in [-0.39, 0.29) is 11.8 Å². The first-order valence-electron chi connectivity index (χ1n) is 6.05. The van der Waals surface area contributed by atoms with E-state index in [1.54, 1.807) is 34.8 Å². The average molecular weight is 307 g/mol. The normalized spacial score (nSPS) is 12.7. The molecule has 1 unspecified atom stereocenters. The number of methoxy groups -OCH3 is 1. The molecular formula is C14H13NO3S2. The minimum atomic E-state index is -0.460. The second kappa shape index (κ2) is 5.40. The quantitative estimate of drug-likeness (QED) is 0.748. The van der Waals surface area contributed by atoms with Crippen molar-refractivity contribution in [1.82, 2.24) is 5.32 Å². The van der Waals surface area contributed by atoms with E-state index < -0.39 is 5.97 Å². The Labute approximate surface area is 124 Å². The summed E-state index contributed by atoms with van der Waals surface area (Å²) >= 11 is 3.45. The fraction of sp³-hybridized carbons (Fsp3) is 0.214. The summed E-state index contributed by atoms with van der Waals surface area (Å²) in [6.07, 6.45) is 0. The molecule has 20 heavy (non-hydrogen) atoms. The zero-order valence-electron chi connectivity index (χ0n) is 11.0. The molecule has 0 saturated heterocycles. The largest absolute Gasteiger partial charge is 0.463 e. The summed E-state index contributed by atoms with van der Waals surface area (Å²) < 4.78 is 12.8. The lowest BCUT2D eigenvalue weighted by atomic mass is 10.2. The molecular weight excluding hydrogens is 294 g/mol. The molecule has 4 nitrogen and oxygen atoms in total. The van der Waals surface area contributed by atoms with E-state index in [0.29, 0.717) is 5.76 Å². The number of fused-ring (bicyclic) bond motifs is 1. The SMILES string of the molecule is CNC(c1ccc(C(=O)OC)o1)c1cc2sccc2s1. The topological polar surface area (TPSA) is 51.5 Å². The Morgan fingerprint density at radius 2 is 2.20 bits per heavy atom. The van der Waals surface area contributed by atoms with Crippen molar-refractivity contribution in [2.24, 2.45) is 0 Å². The van der Waals surface area contributed by atoms with Crippen LogP contribution in [0.3, 0.4) is 0 Å². The maximum absolute atomic E-state index is 11.4. The van der Waals surface area contributed by atoms with Gasteiger partial charge in [-0.2, -0.15) is 0 Å². The lowest BCUT2D eigenvalue weighted by Gasteiger charge is -2.11. The average Bonchev–Trinajstić information content (AvgIpc) is 3.13. The van der Waals surface area contributed by atoms with E-state index in [1.807, 2.05) is 7.05 Å². The van der Waals surface area contributed by atoms with Crippen LogP contribution in [0.15, 0.2) is 34.1 Å². The summed E-state index contributed by atoms with van der Waals surface area (Å²) in [5.74, 6) is 0.473. The molecule has 1 atom stereocenters. The fourth-order valence-corrected chi connectivity index (χ4v) is 4.31. The van der Waals surface area contributed by atoms with Gasteiger partial charge in [-0.3, -0.25) is 0 Å². The first-order chi connectivity index (χ1) is 9.72. The maximum Gasteiger partial charge on any atom is 0.373 e. The third-order valence-electron chi connectivity index (χ3n) is 3.03. The predicted molar refractivity (Wildman–Crippen MR) is 80.7 cm³/mol. The number of carbonyl (C=O) groups excluding carboxylic acids is 1. The van der Waals surface area contributed by atoms with Gasteiger partial charge in [-0.05, 0) is 36.7 Å². The summed E-state index contributed by atoms with van der Waals surface area (Å²) in [5.41, 5.74) is 0. The van der Waals surface area contributed by atoms with Crippen LogP contribution >= 0.6 is 22.7 Å². The van der Waals surface area contributed by atoms with Gasteiger partial charge >= 0.3 is 5.97 Å². The smallest absolute Gasteiger partial charge is 0.373 e. The van der Waals surface area contributed by atoms with Crippen molar-refractivity contribution < 1.29 is 13.9 Å². The van der Waals surface area contributed by atoms with Gasteiger partial charge < -0.3 is 14.5 Å². The molecule has 0 fully saturated rings. The first kappa shape index (κ1) is 13.4. The Hall–Kier alpha value is -1.63. The van der Waals surface area contributed by atoms with Crippen LogP contribution in [0.2, 0.25) is 0 Å². The van der Waals surface area contributed by atoms with Gasteiger partial charge in [0.05, 0.1) is 7.11 Å². The number of hydrogen-bond acceptors (Lipinski definition) is 6. The number of hydrogen-bond donors (Lipinski definition) is 1. The van der Waals surface area contributed by atoms with Crippen LogP contribution in [-0.4, -0.2) is 20.1 Å². The monoisotopic (exact) mass is 307 g/mol. The minimum absolute atomic E-state index is 0.0574. The number of thiophene rings is 2. The molecule has 0 spiro atoms. The van der Waals surface area contributed by atoms with Crippen molar-refractivity contribution in [1.29, 1.82) is 0 Å². The van der Waals surface area contributed by atoms with E-state index in [2.05, 4.69) is 27.6 Å². The molecule has 3 aromatic rings. The van der Waals surface area contributed by atoms with Crippen LogP contribution in [0, 0.1) is 0 Å². The zero-order chi connectivity index (χ0) is 14.1. The van der Waals surface area contributed by atoms with Gasteiger partial charge in [0, 0.05) is 14.3 Å². The molecule has 0 bridgehead atoms. The van der Waals surface area contributed by atoms with Gasteiger partial charge in [0.15, 0.2) is 0 Å². The highest BCUT2D eigenvalue weighted by Crippen LogP contribution is 2.36. The van der Waals surface area contributed by atoms with Crippen molar-refractivity contribution in [2.45, 2.75) is 6.04 Å². The lowest BCUT2D eigenvalue weighted by Crippen LogP contribution is -2.15. The van der Waals surface area contributed by atoms with Crippen molar-refractivity contribution in [3.8, 4) is 0 Å². The minimum Gasteiger partial charge on any atom is -0.463 e. The van der Waals surface area contributed by atoms with Crippen molar-refractivity contribution in [3.05, 3.63) is 46.0 Å². The van der Waals surface area contributed by atoms with Gasteiger partial charge in [-0.1, -0.05) is 0 Å². The molecule has 0 saturated carbocycles. The zero-order valence-corrected chi connectivity index (χ0v) is 12.6. The highest BCUT2D eigenvalue weighted by molar-refractivity contribution is 7.27. The highest BCUT2D eigenvalue weighted by Gasteiger charge is 2.21. The summed E-state index contributed by atoms with van der Waals surface area (Å²) in [5, 5.41) is 5.31. The van der Waals surface area contributed by atoms with E-state index >= 15 is 0 Å². The summed E-state index contributed by atoms with van der Waals surface area (Å²) in [6, 6.07) is 7.66. The third kappa shape index (κ3) is 2.26. The van der Waals surface area contributed by atoms with Crippen LogP contribution in [0.25, 0.3) is 9.40 Å². The van der Waals surface area contributed by atoms with Gasteiger partial charge in [-0.25, -0.2) is 4.79 Å². The van der Waals surface area contributed by atoms with Crippen LogP contribution < -0.4 is 5.32 Å². The van der Waals surface area contributed by atoms with Crippen LogP contribution in [0.4, 0.5) is 0 Å². The molecule has 0 amide bonds. The summed E-state index contributed by atoms with van der Waals surface area (Å²) in [6.45, 7) is 0. The lowest BCUT2D eigenvalue weighted by molar-refractivity contribution is 0.0562. The van der Waals surface area contributed by atoms with E-state index in [4.69, 9.17) is 4.42 Å². The summed E-state index contributed by atoms with van der Waals surface area (Å²) in [4.78, 5) is 12.6. The van der Waals surface area contributed by atoms with Gasteiger partial charge in [0.25, 0.3) is 0 Å². The number of ether oxygens (including phenoxy) is 1. The fourth-order valence-electron chi connectivity index (χ4n) is 2.07. The Morgan fingerprint density at radius 1 is 1.35 bits per heavy atom. The molecule has 0 aliphatic heterocycles. The van der Waals surface area contributed by atoms with Crippen molar-refractivity contribution in [3.63, 3.8) is 0 Å². The van der Waals surface area contributed by atoms with Crippen LogP contribution in [0.1, 0.15) is 27.2 Å². The standard InChI is InChI=1S/C14H13NO3S2/c1-15-13(8-3-4-9(18-8)14(16)17-2)12-7-11-10(20-12)5-6-19-11/h3-7,13,15H,1-2H3. The second-order valence-electron chi connectivity index (χ2n) is 4.21. The molecule has 0 aromatic carbocycles. The van der Waals surface area contributed by atoms with E-state index in [0.717, 1.165) is 0 Å². The van der Waals surface area contributed by atoms with Crippen molar-refractivity contribution in [2.75, 3.05) is 14.2 Å². The van der Waals surface area contributed by atoms with Gasteiger partial charge in [-0.15, -0.1) is 22.7 Å². The Balaban J connectivity index is 1.95. The van der Waals surface area contributed by atoms with E-state index in [9.17, 15) is 4.79 Å². The maximum atomic E-state index is 11.4. The molecule has 6 heteroatoms. The number of nitrogens with one attached hydrogen (secondary N) is 1. The summed E-state index contributed by atoms with van der Waals surface area (Å²) in [7, 11) is 3.21. The molecule has 3 rings (SSSR count). The highest BCUT2D eigenvalue weighted by atomic mass is 32.1. The molecule has 0 aliphatic rings. The number of furan rings is 1. The molecule has 3 aromatic heterocycles. The molecule has 1 N–H and O–H groups in total.